The van der Waals surface area contributed by atoms with Gasteiger partial charge in [-0.2, -0.15) is 14.9 Å². The molecule has 0 unspecified atom stereocenters. The van der Waals surface area contributed by atoms with Crippen molar-refractivity contribution in [2.45, 2.75) is 20.5 Å². The first kappa shape index (κ1) is 18.6. The highest BCUT2D eigenvalue weighted by Gasteiger charge is 2.08. The van der Waals surface area contributed by atoms with Crippen molar-refractivity contribution in [2.24, 2.45) is 5.10 Å². The van der Waals surface area contributed by atoms with E-state index >= 15 is 0 Å². The van der Waals surface area contributed by atoms with E-state index in [1.54, 1.807) is 18.3 Å². The summed E-state index contributed by atoms with van der Waals surface area (Å²) in [4.78, 5) is 0. The molecule has 0 atom stereocenters. The quantitative estimate of drug-likeness (QED) is 0.460. The lowest BCUT2D eigenvalue weighted by Crippen LogP contribution is -2.05. The van der Waals surface area contributed by atoms with Crippen molar-refractivity contribution >= 4 is 41.6 Å². The number of benzene rings is 2. The maximum atomic E-state index is 6.18. The van der Waals surface area contributed by atoms with Crippen LogP contribution in [0.3, 0.4) is 0 Å². The van der Waals surface area contributed by atoms with Crippen LogP contribution < -0.4 is 4.74 Å². The van der Waals surface area contributed by atoms with Gasteiger partial charge in [0, 0.05) is 5.56 Å². The third kappa shape index (κ3) is 4.15. The second-order valence-corrected chi connectivity index (χ2v) is 6.87. The first-order chi connectivity index (χ1) is 12.5. The summed E-state index contributed by atoms with van der Waals surface area (Å²) >= 11 is 17.4. The molecule has 3 rings (SSSR count). The van der Waals surface area contributed by atoms with Crippen molar-refractivity contribution in [1.82, 2.24) is 14.9 Å². The van der Waals surface area contributed by atoms with Crippen molar-refractivity contribution < 1.29 is 4.74 Å². The average Bonchev–Trinajstić information content (AvgIpc) is 2.95. The van der Waals surface area contributed by atoms with Gasteiger partial charge in [0.05, 0.1) is 16.3 Å². The van der Waals surface area contributed by atoms with Crippen LogP contribution in [0.1, 0.15) is 22.5 Å². The SMILES string of the molecule is Cc1ccc(OCc2n[nH]c(=S)n2/N=C\c2cccc(Cl)c2Cl)c(C)c1. The normalized spacial score (nSPS) is 11.2. The van der Waals surface area contributed by atoms with Crippen LogP contribution in [0, 0.1) is 18.6 Å². The number of nitrogens with one attached hydrogen (secondary N) is 1. The molecule has 134 valence electrons. The van der Waals surface area contributed by atoms with Gasteiger partial charge in [0.1, 0.15) is 12.4 Å². The Hall–Kier alpha value is -2.15. The number of ether oxygens (including phenoxy) is 1. The van der Waals surface area contributed by atoms with Gasteiger partial charge >= 0.3 is 0 Å². The second kappa shape index (κ2) is 8.03. The van der Waals surface area contributed by atoms with E-state index in [-0.39, 0.29) is 6.61 Å². The largest absolute Gasteiger partial charge is 0.485 e. The topological polar surface area (TPSA) is 55.2 Å². The van der Waals surface area contributed by atoms with Crippen LogP contribution in [0.25, 0.3) is 0 Å². The summed E-state index contributed by atoms with van der Waals surface area (Å²) in [5, 5.41) is 12.2. The molecular weight excluding hydrogens is 391 g/mol. The van der Waals surface area contributed by atoms with Gasteiger partial charge in [0.2, 0.25) is 4.77 Å². The molecule has 0 aliphatic carbocycles. The fraction of sp³-hybridized carbons (Fsp3) is 0.167. The number of nitrogens with zero attached hydrogens (tertiary/aromatic N) is 3. The number of H-pyrrole nitrogens is 1. The van der Waals surface area contributed by atoms with Gasteiger partial charge in [-0.15, -0.1) is 0 Å². The predicted octanol–water partition coefficient (Wildman–Crippen LogP) is 5.33. The smallest absolute Gasteiger partial charge is 0.216 e. The Morgan fingerprint density at radius 3 is 2.85 bits per heavy atom. The molecule has 1 aromatic heterocycles. The zero-order valence-corrected chi connectivity index (χ0v) is 16.5. The molecule has 26 heavy (non-hydrogen) atoms. The maximum Gasteiger partial charge on any atom is 0.216 e. The van der Waals surface area contributed by atoms with Crippen LogP contribution in [-0.4, -0.2) is 21.1 Å². The predicted molar refractivity (Wildman–Crippen MR) is 107 cm³/mol. The van der Waals surface area contributed by atoms with E-state index in [4.69, 9.17) is 40.2 Å². The molecule has 3 aromatic rings. The molecule has 0 radical (unpaired) electrons. The van der Waals surface area contributed by atoms with E-state index < -0.39 is 0 Å². The van der Waals surface area contributed by atoms with Gasteiger partial charge in [-0.1, -0.05) is 53.0 Å². The van der Waals surface area contributed by atoms with Crippen molar-refractivity contribution in [2.75, 3.05) is 0 Å². The van der Waals surface area contributed by atoms with Crippen LogP contribution >= 0.6 is 35.4 Å². The molecule has 1 N–H and O–H groups in total. The van der Waals surface area contributed by atoms with Gasteiger partial charge < -0.3 is 4.74 Å². The Morgan fingerprint density at radius 2 is 2.08 bits per heavy atom. The van der Waals surface area contributed by atoms with Gasteiger partial charge in [0.15, 0.2) is 5.82 Å². The first-order valence-corrected chi connectivity index (χ1v) is 8.97. The van der Waals surface area contributed by atoms with Gasteiger partial charge in [-0.05, 0) is 43.8 Å². The number of hydrogen-bond acceptors (Lipinski definition) is 4. The van der Waals surface area contributed by atoms with Crippen molar-refractivity contribution in [3.8, 4) is 5.75 Å². The van der Waals surface area contributed by atoms with Crippen LogP contribution in [0.5, 0.6) is 5.75 Å². The third-order valence-corrected chi connectivity index (χ3v) is 4.80. The molecule has 0 amide bonds. The lowest BCUT2D eigenvalue weighted by Gasteiger charge is -2.09. The average molecular weight is 407 g/mol. The van der Waals surface area contributed by atoms with Crippen molar-refractivity contribution in [3.05, 3.63) is 73.7 Å². The second-order valence-electron chi connectivity index (χ2n) is 5.70. The Kier molecular flexibility index (Phi) is 5.76. The summed E-state index contributed by atoms with van der Waals surface area (Å²) in [7, 11) is 0. The molecule has 5 nitrogen and oxygen atoms in total. The number of aromatic nitrogens is 3. The summed E-state index contributed by atoms with van der Waals surface area (Å²) in [5.41, 5.74) is 2.92. The minimum atomic E-state index is 0.220. The molecule has 1 heterocycles. The lowest BCUT2D eigenvalue weighted by molar-refractivity contribution is 0.288. The summed E-state index contributed by atoms with van der Waals surface area (Å²) in [5.74, 6) is 1.34. The standard InChI is InChI=1S/C18H16Cl2N4OS/c1-11-6-7-15(12(2)8-11)25-10-16-22-23-18(26)24(16)21-9-13-4-3-5-14(19)17(13)20/h3-9H,10H2,1-2H3,(H,23,26)/b21-9-. The molecule has 0 saturated heterocycles. The van der Waals surface area contributed by atoms with Gasteiger partial charge in [-0.3, -0.25) is 0 Å². The highest BCUT2D eigenvalue weighted by atomic mass is 35.5. The molecular formula is C18H16Cl2N4OS. The molecule has 0 spiro atoms. The third-order valence-electron chi connectivity index (χ3n) is 3.70. The summed E-state index contributed by atoms with van der Waals surface area (Å²) in [6.07, 6.45) is 1.58. The monoisotopic (exact) mass is 406 g/mol. The fourth-order valence-electron chi connectivity index (χ4n) is 2.38. The molecule has 2 aromatic carbocycles. The van der Waals surface area contributed by atoms with Crippen LogP contribution in [0.2, 0.25) is 10.0 Å². The molecule has 0 fully saturated rings. The highest BCUT2D eigenvalue weighted by Crippen LogP contribution is 2.24. The number of halogens is 2. The first-order valence-electron chi connectivity index (χ1n) is 7.80. The number of aryl methyl sites for hydroxylation is 2. The van der Waals surface area contributed by atoms with Gasteiger partial charge in [-0.25, -0.2) is 5.10 Å². The van der Waals surface area contributed by atoms with E-state index in [0.29, 0.717) is 26.2 Å². The van der Waals surface area contributed by atoms with Crippen molar-refractivity contribution in [1.29, 1.82) is 0 Å². The molecule has 0 aliphatic rings. The van der Waals surface area contributed by atoms with E-state index in [2.05, 4.69) is 21.4 Å². The minimum absolute atomic E-state index is 0.220. The van der Waals surface area contributed by atoms with E-state index in [1.165, 1.54) is 10.2 Å². The zero-order chi connectivity index (χ0) is 18.7. The number of aromatic amines is 1. The minimum Gasteiger partial charge on any atom is -0.485 e. The molecule has 0 bridgehead atoms. The zero-order valence-electron chi connectivity index (χ0n) is 14.2. The fourth-order valence-corrected chi connectivity index (χ4v) is 2.94. The van der Waals surface area contributed by atoms with Gasteiger partial charge in [0.25, 0.3) is 0 Å². The summed E-state index contributed by atoms with van der Waals surface area (Å²) in [6.45, 7) is 4.26. The summed E-state index contributed by atoms with van der Waals surface area (Å²) < 4.78 is 7.71. The number of rotatable bonds is 5. The number of hydrogen-bond donors (Lipinski definition) is 1. The molecule has 0 aliphatic heterocycles. The Labute approximate surface area is 166 Å². The van der Waals surface area contributed by atoms with Crippen molar-refractivity contribution in [3.63, 3.8) is 0 Å². The maximum absolute atomic E-state index is 6.18. The van der Waals surface area contributed by atoms with E-state index in [9.17, 15) is 0 Å². The lowest BCUT2D eigenvalue weighted by atomic mass is 10.1. The van der Waals surface area contributed by atoms with Crippen LogP contribution in [0.4, 0.5) is 0 Å². The Morgan fingerprint density at radius 1 is 1.27 bits per heavy atom. The van der Waals surface area contributed by atoms with Crippen LogP contribution in [0.15, 0.2) is 41.5 Å². The molecule has 0 saturated carbocycles. The summed E-state index contributed by atoms with van der Waals surface area (Å²) in [6, 6.07) is 11.3. The van der Waals surface area contributed by atoms with Crippen LogP contribution in [-0.2, 0) is 6.61 Å². The van der Waals surface area contributed by atoms with E-state index in [1.807, 2.05) is 32.0 Å². The Bertz CT molecular complexity index is 1030. The Balaban J connectivity index is 1.82. The molecule has 8 heteroatoms. The highest BCUT2D eigenvalue weighted by molar-refractivity contribution is 7.71. The van der Waals surface area contributed by atoms with E-state index in [0.717, 1.165) is 11.3 Å².